The molecule has 4 aromatic rings. The van der Waals surface area contributed by atoms with Crippen LogP contribution in [0.2, 0.25) is 0 Å². The highest BCUT2D eigenvalue weighted by Crippen LogP contribution is 2.36. The van der Waals surface area contributed by atoms with Crippen LogP contribution in [0.25, 0.3) is 33.4 Å². The van der Waals surface area contributed by atoms with E-state index in [4.69, 9.17) is 10.00 Å². The average molecular weight is 385 g/mol. The van der Waals surface area contributed by atoms with E-state index < -0.39 is 5.82 Å². The van der Waals surface area contributed by atoms with Crippen LogP contribution in [0.15, 0.2) is 54.9 Å². The number of pyridine rings is 1. The molecule has 0 aliphatic rings. The Hall–Kier alpha value is -4.05. The Morgan fingerprint density at radius 1 is 1.07 bits per heavy atom. The van der Waals surface area contributed by atoms with Crippen molar-refractivity contribution in [3.63, 3.8) is 0 Å². The molecule has 4 rings (SSSR count). The van der Waals surface area contributed by atoms with Crippen LogP contribution in [0.3, 0.4) is 0 Å². The van der Waals surface area contributed by atoms with Crippen LogP contribution in [0.4, 0.5) is 10.2 Å². The molecule has 0 amide bonds. The van der Waals surface area contributed by atoms with Crippen LogP contribution >= 0.6 is 0 Å². The Morgan fingerprint density at radius 3 is 2.62 bits per heavy atom. The lowest BCUT2D eigenvalue weighted by Crippen LogP contribution is -2.01. The van der Waals surface area contributed by atoms with Crippen molar-refractivity contribution in [3.05, 3.63) is 66.2 Å². The van der Waals surface area contributed by atoms with E-state index in [-0.39, 0.29) is 5.56 Å². The molecule has 0 atom stereocenters. The zero-order valence-electron chi connectivity index (χ0n) is 15.8. The second kappa shape index (κ2) is 7.52. The van der Waals surface area contributed by atoms with E-state index in [0.717, 1.165) is 16.5 Å². The number of anilines is 1. The van der Waals surface area contributed by atoms with Gasteiger partial charge < -0.3 is 10.1 Å². The van der Waals surface area contributed by atoms with Gasteiger partial charge in [-0.05, 0) is 47.5 Å². The van der Waals surface area contributed by atoms with Gasteiger partial charge in [-0.2, -0.15) is 5.26 Å². The highest BCUT2D eigenvalue weighted by atomic mass is 19.1. The molecule has 2 aromatic heterocycles. The molecular weight excluding hydrogens is 369 g/mol. The summed E-state index contributed by atoms with van der Waals surface area (Å²) in [6.45, 7) is 0. The summed E-state index contributed by atoms with van der Waals surface area (Å²) >= 11 is 0. The molecule has 0 unspecified atom stereocenters. The number of fused-ring (bicyclic) bond motifs is 1. The van der Waals surface area contributed by atoms with Crippen molar-refractivity contribution in [2.75, 3.05) is 19.5 Å². The first-order valence-corrected chi connectivity index (χ1v) is 8.82. The zero-order chi connectivity index (χ0) is 20.4. The minimum absolute atomic E-state index is 0.0152. The fourth-order valence-corrected chi connectivity index (χ4v) is 3.13. The summed E-state index contributed by atoms with van der Waals surface area (Å²) in [6, 6.07) is 13.7. The first kappa shape index (κ1) is 18.3. The molecule has 142 valence electrons. The number of hydrogen-bond acceptors (Lipinski definition) is 6. The lowest BCUT2D eigenvalue weighted by molar-refractivity contribution is 0.419. The van der Waals surface area contributed by atoms with Gasteiger partial charge in [-0.25, -0.2) is 14.4 Å². The molecule has 0 spiro atoms. The molecule has 7 heteroatoms. The summed E-state index contributed by atoms with van der Waals surface area (Å²) in [5.41, 5.74) is 2.87. The van der Waals surface area contributed by atoms with Gasteiger partial charge in [0.25, 0.3) is 0 Å². The van der Waals surface area contributed by atoms with E-state index in [0.29, 0.717) is 28.5 Å². The second-order valence-electron chi connectivity index (χ2n) is 6.27. The lowest BCUT2D eigenvalue weighted by Gasteiger charge is -2.13. The minimum atomic E-state index is -0.552. The van der Waals surface area contributed by atoms with Gasteiger partial charge in [0.15, 0.2) is 5.82 Å². The van der Waals surface area contributed by atoms with Crippen molar-refractivity contribution >= 4 is 16.7 Å². The van der Waals surface area contributed by atoms with E-state index >= 15 is 0 Å². The standard InChI is InChI=1S/C22H16FN5O/c1-25-22-17-9-15(13-5-6-18(23)16(8-13)11-24)10-19(29-2)20(17)27-21(28-22)14-4-3-7-26-12-14/h3-10,12H,1-2H3,(H,25,27,28). The van der Waals surface area contributed by atoms with E-state index in [9.17, 15) is 4.39 Å². The van der Waals surface area contributed by atoms with Crippen molar-refractivity contribution in [1.29, 1.82) is 5.26 Å². The molecule has 0 bridgehead atoms. The summed E-state index contributed by atoms with van der Waals surface area (Å²) in [5.74, 6) is 1.14. The number of aromatic nitrogens is 3. The number of rotatable bonds is 4. The lowest BCUT2D eigenvalue weighted by atomic mass is 10.0. The normalized spacial score (nSPS) is 10.6. The summed E-state index contributed by atoms with van der Waals surface area (Å²) in [4.78, 5) is 13.4. The molecule has 0 saturated heterocycles. The zero-order valence-corrected chi connectivity index (χ0v) is 15.8. The second-order valence-corrected chi connectivity index (χ2v) is 6.27. The fourth-order valence-electron chi connectivity index (χ4n) is 3.13. The average Bonchev–Trinajstić information content (AvgIpc) is 2.78. The van der Waals surface area contributed by atoms with Crippen molar-refractivity contribution < 1.29 is 9.13 Å². The first-order chi connectivity index (χ1) is 14.1. The number of benzene rings is 2. The van der Waals surface area contributed by atoms with Gasteiger partial charge in [-0.1, -0.05) is 6.07 Å². The fraction of sp³-hybridized carbons (Fsp3) is 0.0909. The van der Waals surface area contributed by atoms with E-state index in [1.807, 2.05) is 30.3 Å². The summed E-state index contributed by atoms with van der Waals surface area (Å²) < 4.78 is 19.3. The molecule has 2 aromatic carbocycles. The quantitative estimate of drug-likeness (QED) is 0.560. The predicted octanol–water partition coefficient (Wildman–Crippen LogP) is 4.42. The van der Waals surface area contributed by atoms with Gasteiger partial charge in [-0.3, -0.25) is 4.98 Å². The van der Waals surface area contributed by atoms with Gasteiger partial charge in [0.05, 0.1) is 12.7 Å². The monoisotopic (exact) mass is 385 g/mol. The number of methoxy groups -OCH3 is 1. The van der Waals surface area contributed by atoms with Crippen LogP contribution in [0.5, 0.6) is 5.75 Å². The molecule has 0 aliphatic heterocycles. The Morgan fingerprint density at radius 2 is 1.93 bits per heavy atom. The minimum Gasteiger partial charge on any atom is -0.494 e. The maximum atomic E-state index is 13.7. The Kier molecular flexibility index (Phi) is 4.75. The highest BCUT2D eigenvalue weighted by Gasteiger charge is 2.15. The van der Waals surface area contributed by atoms with Crippen LogP contribution in [0.1, 0.15) is 5.56 Å². The Balaban J connectivity index is 1.96. The molecule has 0 aliphatic carbocycles. The Bertz CT molecular complexity index is 1250. The summed E-state index contributed by atoms with van der Waals surface area (Å²) in [6.07, 6.45) is 3.39. The van der Waals surface area contributed by atoms with Gasteiger partial charge >= 0.3 is 0 Å². The SMILES string of the molecule is CNc1nc(-c2cccnc2)nc2c(OC)cc(-c3ccc(F)c(C#N)c3)cc12. The summed E-state index contributed by atoms with van der Waals surface area (Å²) in [7, 11) is 3.34. The molecule has 0 radical (unpaired) electrons. The van der Waals surface area contributed by atoms with Crippen LogP contribution in [-0.2, 0) is 0 Å². The number of nitriles is 1. The number of hydrogen-bond donors (Lipinski definition) is 1. The van der Waals surface area contributed by atoms with Crippen LogP contribution in [-0.4, -0.2) is 29.1 Å². The van der Waals surface area contributed by atoms with Gasteiger partial charge in [0.2, 0.25) is 0 Å². The van der Waals surface area contributed by atoms with Gasteiger partial charge in [0.1, 0.15) is 29.0 Å². The number of halogens is 1. The third-order valence-corrected chi connectivity index (χ3v) is 4.56. The molecular formula is C22H16FN5O. The van der Waals surface area contributed by atoms with E-state index in [1.165, 1.54) is 12.1 Å². The van der Waals surface area contributed by atoms with Crippen LogP contribution < -0.4 is 10.1 Å². The van der Waals surface area contributed by atoms with E-state index in [1.54, 1.807) is 32.6 Å². The molecule has 0 saturated carbocycles. The third-order valence-electron chi connectivity index (χ3n) is 4.56. The molecule has 0 fully saturated rings. The topological polar surface area (TPSA) is 83.7 Å². The maximum absolute atomic E-state index is 13.7. The smallest absolute Gasteiger partial charge is 0.163 e. The molecule has 6 nitrogen and oxygen atoms in total. The maximum Gasteiger partial charge on any atom is 0.163 e. The molecule has 29 heavy (non-hydrogen) atoms. The largest absolute Gasteiger partial charge is 0.494 e. The van der Waals surface area contributed by atoms with E-state index in [2.05, 4.69) is 20.3 Å². The first-order valence-electron chi connectivity index (χ1n) is 8.82. The highest BCUT2D eigenvalue weighted by molar-refractivity contribution is 5.97. The summed E-state index contributed by atoms with van der Waals surface area (Å²) in [5, 5.41) is 13.0. The van der Waals surface area contributed by atoms with Crippen molar-refractivity contribution in [2.24, 2.45) is 0 Å². The number of nitrogens with zero attached hydrogens (tertiary/aromatic N) is 4. The van der Waals surface area contributed by atoms with Crippen molar-refractivity contribution in [3.8, 4) is 34.3 Å². The number of ether oxygens (including phenoxy) is 1. The molecule has 1 N–H and O–H groups in total. The van der Waals surface area contributed by atoms with Gasteiger partial charge in [-0.15, -0.1) is 0 Å². The third kappa shape index (κ3) is 3.32. The van der Waals surface area contributed by atoms with Gasteiger partial charge in [0, 0.05) is 30.4 Å². The molecule has 2 heterocycles. The van der Waals surface area contributed by atoms with Crippen molar-refractivity contribution in [2.45, 2.75) is 0 Å². The van der Waals surface area contributed by atoms with Crippen molar-refractivity contribution in [1.82, 2.24) is 15.0 Å². The Labute approximate surface area is 166 Å². The predicted molar refractivity (Wildman–Crippen MR) is 109 cm³/mol. The number of nitrogens with one attached hydrogen (secondary N) is 1. The van der Waals surface area contributed by atoms with Crippen LogP contribution in [0, 0.1) is 17.1 Å².